The zero-order valence-electron chi connectivity index (χ0n) is 12.5. The molecule has 3 rings (SSSR count). The van der Waals surface area contributed by atoms with E-state index in [4.69, 9.17) is 4.74 Å². The molecular weight excluding hydrogens is 286 g/mol. The summed E-state index contributed by atoms with van der Waals surface area (Å²) in [5.74, 6) is 1.71. The molecule has 0 unspecified atom stereocenters. The second-order valence-electron chi connectivity index (χ2n) is 5.26. The molecule has 0 spiro atoms. The summed E-state index contributed by atoms with van der Waals surface area (Å²) in [5.41, 5.74) is 3.08. The number of H-pyrrole nitrogens is 1. The summed E-state index contributed by atoms with van der Waals surface area (Å²) < 4.78 is 5.82. The number of aryl methyl sites for hydroxylation is 2. The lowest BCUT2D eigenvalue weighted by atomic mass is 10.2. The molecule has 0 aromatic carbocycles. The lowest BCUT2D eigenvalue weighted by molar-refractivity contribution is -0.0337. The molecule has 0 radical (unpaired) electrons. The average Bonchev–Trinajstić information content (AvgIpc) is 3.14. The Morgan fingerprint density at radius 2 is 2.43 bits per heavy atom. The van der Waals surface area contributed by atoms with Gasteiger partial charge >= 0.3 is 0 Å². The van der Waals surface area contributed by atoms with Crippen molar-refractivity contribution < 1.29 is 4.74 Å². The Morgan fingerprint density at radius 3 is 3.14 bits per heavy atom. The van der Waals surface area contributed by atoms with Crippen molar-refractivity contribution in [3.05, 3.63) is 27.7 Å². The van der Waals surface area contributed by atoms with Gasteiger partial charge in [0.2, 0.25) is 0 Å². The van der Waals surface area contributed by atoms with E-state index in [2.05, 4.69) is 38.9 Å². The number of hydrogen-bond donors (Lipinski definition) is 1. The van der Waals surface area contributed by atoms with E-state index in [0.29, 0.717) is 0 Å². The second kappa shape index (κ2) is 6.64. The van der Waals surface area contributed by atoms with Crippen molar-refractivity contribution in [2.75, 3.05) is 26.2 Å². The number of aromatic nitrogens is 4. The lowest BCUT2D eigenvalue weighted by Gasteiger charge is -2.31. The molecular formula is C14H21N5OS. The predicted octanol–water partition coefficient (Wildman–Crippen LogP) is 1.75. The molecule has 1 saturated heterocycles. The maximum absolute atomic E-state index is 5.82. The monoisotopic (exact) mass is 307 g/mol. The van der Waals surface area contributed by atoms with Crippen molar-refractivity contribution in [2.45, 2.75) is 32.8 Å². The van der Waals surface area contributed by atoms with E-state index in [1.165, 1.54) is 4.88 Å². The summed E-state index contributed by atoms with van der Waals surface area (Å²) >= 11 is 1.74. The van der Waals surface area contributed by atoms with Crippen molar-refractivity contribution in [2.24, 2.45) is 0 Å². The zero-order valence-corrected chi connectivity index (χ0v) is 13.3. The first-order valence-corrected chi connectivity index (χ1v) is 8.28. The largest absolute Gasteiger partial charge is 0.367 e. The van der Waals surface area contributed by atoms with Crippen molar-refractivity contribution in [1.29, 1.82) is 0 Å². The highest BCUT2D eigenvalue weighted by molar-refractivity contribution is 7.09. The molecule has 0 saturated carbocycles. The number of morpholine rings is 1. The quantitative estimate of drug-likeness (QED) is 0.911. The number of ether oxygens (including phenoxy) is 1. The SMILES string of the molecule is CCc1nc([C@H]2CN(CCc3scnc3C)CCO2)n[nH]1. The minimum atomic E-state index is -0.0159. The topological polar surface area (TPSA) is 66.9 Å². The Hall–Kier alpha value is -1.31. The molecule has 1 fully saturated rings. The number of nitrogens with one attached hydrogen (secondary N) is 1. The van der Waals surface area contributed by atoms with E-state index in [-0.39, 0.29) is 6.10 Å². The molecule has 6 nitrogen and oxygen atoms in total. The molecule has 7 heteroatoms. The van der Waals surface area contributed by atoms with Crippen LogP contribution in [0, 0.1) is 6.92 Å². The van der Waals surface area contributed by atoms with Gasteiger partial charge in [-0.05, 0) is 13.3 Å². The average molecular weight is 307 g/mol. The first kappa shape index (κ1) is 14.6. The smallest absolute Gasteiger partial charge is 0.180 e. The molecule has 0 bridgehead atoms. The number of rotatable bonds is 5. The van der Waals surface area contributed by atoms with Gasteiger partial charge in [-0.2, -0.15) is 5.10 Å². The molecule has 1 aliphatic rings. The summed E-state index contributed by atoms with van der Waals surface area (Å²) in [7, 11) is 0. The van der Waals surface area contributed by atoms with Crippen molar-refractivity contribution in [3.63, 3.8) is 0 Å². The number of nitrogens with zero attached hydrogens (tertiary/aromatic N) is 4. The van der Waals surface area contributed by atoms with Gasteiger partial charge in [0.1, 0.15) is 11.9 Å². The Kier molecular flexibility index (Phi) is 4.62. The van der Waals surface area contributed by atoms with Crippen molar-refractivity contribution in [3.8, 4) is 0 Å². The van der Waals surface area contributed by atoms with Crippen LogP contribution in [-0.2, 0) is 17.6 Å². The normalized spacial score (nSPS) is 20.0. The molecule has 0 aliphatic carbocycles. The van der Waals surface area contributed by atoms with E-state index in [9.17, 15) is 0 Å². The fourth-order valence-electron chi connectivity index (χ4n) is 2.50. The lowest BCUT2D eigenvalue weighted by Crippen LogP contribution is -2.39. The summed E-state index contributed by atoms with van der Waals surface area (Å²) in [6.07, 6.45) is 1.91. The van der Waals surface area contributed by atoms with Crippen LogP contribution in [0.25, 0.3) is 0 Å². The van der Waals surface area contributed by atoms with Gasteiger partial charge in [-0.25, -0.2) is 9.97 Å². The summed E-state index contributed by atoms with van der Waals surface area (Å²) in [4.78, 5) is 12.6. The van der Waals surface area contributed by atoms with E-state index >= 15 is 0 Å². The standard InChI is InChI=1S/C14H21N5OS/c1-3-13-16-14(18-17-13)11-8-19(6-7-20-11)5-4-12-10(2)15-9-21-12/h9,11H,3-8H2,1-2H3,(H,16,17,18)/t11-/m1/s1. The fourth-order valence-corrected chi connectivity index (χ4v) is 3.27. The highest BCUT2D eigenvalue weighted by Gasteiger charge is 2.25. The number of aromatic amines is 1. The molecule has 2 aromatic heterocycles. The molecule has 1 atom stereocenters. The third-order valence-corrected chi connectivity index (χ3v) is 4.82. The predicted molar refractivity (Wildman–Crippen MR) is 81.4 cm³/mol. The van der Waals surface area contributed by atoms with Gasteiger partial charge in [0.05, 0.1) is 17.8 Å². The molecule has 21 heavy (non-hydrogen) atoms. The van der Waals surface area contributed by atoms with Gasteiger partial charge in [-0.1, -0.05) is 6.92 Å². The highest BCUT2D eigenvalue weighted by atomic mass is 32.1. The molecule has 1 aliphatic heterocycles. The van der Waals surface area contributed by atoms with Crippen LogP contribution in [0.5, 0.6) is 0 Å². The van der Waals surface area contributed by atoms with Gasteiger partial charge in [-0.15, -0.1) is 11.3 Å². The van der Waals surface area contributed by atoms with Gasteiger partial charge in [0, 0.05) is 30.9 Å². The van der Waals surface area contributed by atoms with E-state index in [1.54, 1.807) is 11.3 Å². The van der Waals surface area contributed by atoms with Crippen LogP contribution in [0.4, 0.5) is 0 Å². The van der Waals surface area contributed by atoms with Gasteiger partial charge in [0.25, 0.3) is 0 Å². The van der Waals surface area contributed by atoms with Crippen LogP contribution < -0.4 is 0 Å². The zero-order chi connectivity index (χ0) is 14.7. The summed E-state index contributed by atoms with van der Waals surface area (Å²) in [6, 6.07) is 0. The summed E-state index contributed by atoms with van der Waals surface area (Å²) in [5, 5.41) is 7.24. The van der Waals surface area contributed by atoms with Crippen LogP contribution in [0.3, 0.4) is 0 Å². The van der Waals surface area contributed by atoms with Gasteiger partial charge in [0.15, 0.2) is 5.82 Å². The maximum Gasteiger partial charge on any atom is 0.180 e. The first-order valence-electron chi connectivity index (χ1n) is 7.40. The van der Waals surface area contributed by atoms with Crippen LogP contribution >= 0.6 is 11.3 Å². The Morgan fingerprint density at radius 1 is 1.52 bits per heavy atom. The first-order chi connectivity index (χ1) is 10.3. The third-order valence-electron chi connectivity index (χ3n) is 3.82. The van der Waals surface area contributed by atoms with Crippen molar-refractivity contribution in [1.82, 2.24) is 25.1 Å². The van der Waals surface area contributed by atoms with Gasteiger partial charge < -0.3 is 4.74 Å². The minimum absolute atomic E-state index is 0.0159. The van der Waals surface area contributed by atoms with Crippen LogP contribution in [-0.4, -0.2) is 51.3 Å². The van der Waals surface area contributed by atoms with Crippen LogP contribution in [0.15, 0.2) is 5.51 Å². The van der Waals surface area contributed by atoms with E-state index < -0.39 is 0 Å². The number of hydrogen-bond acceptors (Lipinski definition) is 6. The van der Waals surface area contributed by atoms with Crippen molar-refractivity contribution >= 4 is 11.3 Å². The highest BCUT2D eigenvalue weighted by Crippen LogP contribution is 2.20. The van der Waals surface area contributed by atoms with E-state index in [1.807, 2.05) is 5.51 Å². The Balaban J connectivity index is 1.56. The molecule has 3 heterocycles. The molecule has 1 N–H and O–H groups in total. The molecule has 0 amide bonds. The van der Waals surface area contributed by atoms with E-state index in [0.717, 1.165) is 56.4 Å². The van der Waals surface area contributed by atoms with Crippen LogP contribution in [0.2, 0.25) is 0 Å². The second-order valence-corrected chi connectivity index (χ2v) is 6.20. The fraction of sp³-hybridized carbons (Fsp3) is 0.643. The third kappa shape index (κ3) is 3.48. The minimum Gasteiger partial charge on any atom is -0.367 e. The molecule has 2 aromatic rings. The summed E-state index contributed by atoms with van der Waals surface area (Å²) in [6.45, 7) is 7.75. The Bertz CT molecular complexity index is 581. The number of thiazole rings is 1. The van der Waals surface area contributed by atoms with Crippen LogP contribution in [0.1, 0.15) is 35.2 Å². The Labute approximate surface area is 128 Å². The maximum atomic E-state index is 5.82. The molecule has 114 valence electrons. The van der Waals surface area contributed by atoms with Gasteiger partial charge in [-0.3, -0.25) is 10.00 Å².